The summed E-state index contributed by atoms with van der Waals surface area (Å²) in [6, 6.07) is 5.67. The van der Waals surface area contributed by atoms with Gasteiger partial charge in [0.15, 0.2) is 5.82 Å². The molecule has 0 radical (unpaired) electrons. The standard InChI is InChI=1S/C17H20N6O2S/c1-10-8-15(23(21-10)11(2)12-5-6-12)20-17(24)18-9-14-19-16(25-22-14)13-4-3-7-26-13/h3-4,7-8,11-12H,5-6,9H2,1-2H3,(H2,18,20,24)/t11-/m0/s1. The van der Waals surface area contributed by atoms with Gasteiger partial charge in [0.2, 0.25) is 0 Å². The first kappa shape index (κ1) is 16.8. The summed E-state index contributed by atoms with van der Waals surface area (Å²) in [6.07, 6.45) is 2.44. The normalized spacial score (nSPS) is 15.0. The molecule has 1 saturated carbocycles. The molecule has 1 aliphatic carbocycles. The zero-order valence-corrected chi connectivity index (χ0v) is 15.4. The fourth-order valence-corrected chi connectivity index (χ4v) is 3.49. The van der Waals surface area contributed by atoms with E-state index >= 15 is 0 Å². The summed E-state index contributed by atoms with van der Waals surface area (Å²) in [7, 11) is 0. The highest BCUT2D eigenvalue weighted by atomic mass is 32.1. The first-order valence-electron chi connectivity index (χ1n) is 8.57. The van der Waals surface area contributed by atoms with Crippen LogP contribution in [0.2, 0.25) is 0 Å². The molecule has 2 amide bonds. The van der Waals surface area contributed by atoms with Gasteiger partial charge in [-0.2, -0.15) is 10.1 Å². The maximum absolute atomic E-state index is 12.2. The minimum absolute atomic E-state index is 0.187. The van der Waals surface area contributed by atoms with Crippen LogP contribution in [0.5, 0.6) is 0 Å². The largest absolute Gasteiger partial charge is 0.333 e. The maximum Gasteiger partial charge on any atom is 0.320 e. The van der Waals surface area contributed by atoms with E-state index in [-0.39, 0.29) is 18.6 Å². The van der Waals surface area contributed by atoms with Crippen molar-refractivity contribution >= 4 is 23.2 Å². The highest BCUT2D eigenvalue weighted by Crippen LogP contribution is 2.40. The van der Waals surface area contributed by atoms with E-state index in [2.05, 4.69) is 32.8 Å². The second-order valence-electron chi connectivity index (χ2n) is 6.49. The number of hydrogen-bond acceptors (Lipinski definition) is 6. The van der Waals surface area contributed by atoms with Crippen molar-refractivity contribution in [3.05, 3.63) is 35.1 Å². The van der Waals surface area contributed by atoms with E-state index in [4.69, 9.17) is 4.52 Å². The van der Waals surface area contributed by atoms with E-state index in [0.717, 1.165) is 10.6 Å². The molecule has 26 heavy (non-hydrogen) atoms. The van der Waals surface area contributed by atoms with Gasteiger partial charge in [0, 0.05) is 6.07 Å². The van der Waals surface area contributed by atoms with Gasteiger partial charge in [0.1, 0.15) is 5.82 Å². The van der Waals surface area contributed by atoms with Crippen molar-refractivity contribution in [2.75, 3.05) is 5.32 Å². The van der Waals surface area contributed by atoms with Gasteiger partial charge in [-0.05, 0) is 44.1 Å². The van der Waals surface area contributed by atoms with Gasteiger partial charge in [-0.3, -0.25) is 5.32 Å². The SMILES string of the molecule is Cc1cc(NC(=O)NCc2noc(-c3cccs3)n2)n([C@@H](C)C2CC2)n1. The number of urea groups is 1. The fraction of sp³-hybridized carbons (Fsp3) is 0.412. The van der Waals surface area contributed by atoms with Gasteiger partial charge in [0.25, 0.3) is 5.89 Å². The highest BCUT2D eigenvalue weighted by molar-refractivity contribution is 7.13. The lowest BCUT2D eigenvalue weighted by molar-refractivity contribution is 0.251. The van der Waals surface area contributed by atoms with E-state index in [0.29, 0.717) is 23.5 Å². The monoisotopic (exact) mass is 372 g/mol. The summed E-state index contributed by atoms with van der Waals surface area (Å²) in [5.74, 6) is 2.24. The van der Waals surface area contributed by atoms with Crippen LogP contribution in [0.1, 0.15) is 37.3 Å². The molecule has 0 unspecified atom stereocenters. The third-order valence-corrected chi connectivity index (χ3v) is 5.25. The van der Waals surface area contributed by atoms with E-state index in [1.165, 1.54) is 24.2 Å². The maximum atomic E-state index is 12.2. The van der Waals surface area contributed by atoms with Crippen LogP contribution in [0.3, 0.4) is 0 Å². The molecule has 0 aromatic carbocycles. The number of nitrogens with zero attached hydrogens (tertiary/aromatic N) is 4. The Morgan fingerprint density at radius 1 is 1.50 bits per heavy atom. The molecule has 0 bridgehead atoms. The lowest BCUT2D eigenvalue weighted by Gasteiger charge is -2.15. The van der Waals surface area contributed by atoms with Gasteiger partial charge < -0.3 is 9.84 Å². The zero-order chi connectivity index (χ0) is 18.1. The van der Waals surface area contributed by atoms with Gasteiger partial charge in [-0.25, -0.2) is 9.48 Å². The third-order valence-electron chi connectivity index (χ3n) is 4.40. The van der Waals surface area contributed by atoms with Gasteiger partial charge >= 0.3 is 6.03 Å². The topological polar surface area (TPSA) is 97.9 Å². The van der Waals surface area contributed by atoms with Crippen LogP contribution in [0, 0.1) is 12.8 Å². The summed E-state index contributed by atoms with van der Waals surface area (Å²) in [4.78, 5) is 17.4. The van der Waals surface area contributed by atoms with Crippen LogP contribution in [0.15, 0.2) is 28.1 Å². The van der Waals surface area contributed by atoms with Crippen LogP contribution >= 0.6 is 11.3 Å². The average Bonchev–Trinajstić information content (AvgIpc) is 3.00. The minimum Gasteiger partial charge on any atom is -0.333 e. The number of rotatable bonds is 6. The van der Waals surface area contributed by atoms with Crippen molar-refractivity contribution < 1.29 is 9.32 Å². The van der Waals surface area contributed by atoms with E-state index in [1.807, 2.05) is 35.2 Å². The smallest absolute Gasteiger partial charge is 0.320 e. The minimum atomic E-state index is -0.323. The van der Waals surface area contributed by atoms with E-state index in [1.54, 1.807) is 0 Å². The Morgan fingerprint density at radius 2 is 2.35 bits per heavy atom. The molecular formula is C17H20N6O2S. The lowest BCUT2D eigenvalue weighted by atomic mass is 10.2. The predicted octanol–water partition coefficient (Wildman–Crippen LogP) is 3.60. The molecule has 0 spiro atoms. The Hall–Kier alpha value is -2.68. The summed E-state index contributed by atoms with van der Waals surface area (Å²) in [6.45, 7) is 4.25. The van der Waals surface area contributed by atoms with Crippen LogP contribution in [-0.4, -0.2) is 26.0 Å². The molecule has 3 heterocycles. The number of nitrogens with one attached hydrogen (secondary N) is 2. The summed E-state index contributed by atoms with van der Waals surface area (Å²) >= 11 is 1.52. The van der Waals surface area contributed by atoms with Gasteiger partial charge in [-0.1, -0.05) is 11.2 Å². The number of aryl methyl sites for hydroxylation is 1. The molecule has 4 rings (SSSR count). The second kappa shape index (κ2) is 6.91. The van der Waals surface area contributed by atoms with Crippen LogP contribution < -0.4 is 10.6 Å². The number of amides is 2. The molecule has 0 aliphatic heterocycles. The molecule has 0 saturated heterocycles. The fourth-order valence-electron chi connectivity index (χ4n) is 2.84. The van der Waals surface area contributed by atoms with Crippen molar-refractivity contribution in [3.63, 3.8) is 0 Å². The van der Waals surface area contributed by atoms with E-state index in [9.17, 15) is 4.79 Å². The summed E-state index contributed by atoms with van der Waals surface area (Å²) in [5.41, 5.74) is 0.881. The van der Waals surface area contributed by atoms with Gasteiger partial charge in [0.05, 0.1) is 23.2 Å². The van der Waals surface area contributed by atoms with Crippen molar-refractivity contribution in [2.24, 2.45) is 5.92 Å². The van der Waals surface area contributed by atoms with Gasteiger partial charge in [-0.15, -0.1) is 11.3 Å². The number of carbonyl (C=O) groups excluding carboxylic acids is 1. The number of aromatic nitrogens is 4. The number of hydrogen-bond donors (Lipinski definition) is 2. The molecule has 1 aliphatic rings. The molecule has 2 N–H and O–H groups in total. The van der Waals surface area contributed by atoms with Crippen LogP contribution in [0.25, 0.3) is 10.8 Å². The predicted molar refractivity (Wildman–Crippen MR) is 97.9 cm³/mol. The molecule has 1 fully saturated rings. The second-order valence-corrected chi connectivity index (χ2v) is 7.44. The zero-order valence-electron chi connectivity index (χ0n) is 14.6. The molecule has 1 atom stereocenters. The molecule has 3 aromatic heterocycles. The summed E-state index contributed by atoms with van der Waals surface area (Å²) in [5, 5.41) is 16.0. The third kappa shape index (κ3) is 3.62. The Morgan fingerprint density at radius 3 is 3.08 bits per heavy atom. The quantitative estimate of drug-likeness (QED) is 0.689. The Kier molecular flexibility index (Phi) is 4.46. The first-order valence-corrected chi connectivity index (χ1v) is 9.45. The molecule has 136 valence electrons. The highest BCUT2D eigenvalue weighted by Gasteiger charge is 2.31. The van der Waals surface area contributed by atoms with Crippen molar-refractivity contribution in [1.29, 1.82) is 0 Å². The Labute approximate surface area is 154 Å². The van der Waals surface area contributed by atoms with Crippen LogP contribution in [0.4, 0.5) is 10.6 Å². The van der Waals surface area contributed by atoms with Crippen molar-refractivity contribution in [3.8, 4) is 10.8 Å². The number of thiophene rings is 1. The molecule has 8 nitrogen and oxygen atoms in total. The lowest BCUT2D eigenvalue weighted by Crippen LogP contribution is -2.30. The summed E-state index contributed by atoms with van der Waals surface area (Å²) < 4.78 is 7.11. The molecular weight excluding hydrogens is 352 g/mol. The first-order chi connectivity index (χ1) is 12.6. The Bertz CT molecular complexity index is 896. The molecule has 9 heteroatoms. The Balaban J connectivity index is 1.36. The number of carbonyl (C=O) groups is 1. The average molecular weight is 372 g/mol. The van der Waals surface area contributed by atoms with E-state index < -0.39 is 0 Å². The molecule has 3 aromatic rings. The van der Waals surface area contributed by atoms with Crippen molar-refractivity contribution in [1.82, 2.24) is 25.2 Å². The van der Waals surface area contributed by atoms with Crippen molar-refractivity contribution in [2.45, 2.75) is 39.3 Å². The number of anilines is 1. The van der Waals surface area contributed by atoms with Crippen LogP contribution in [-0.2, 0) is 6.54 Å².